The van der Waals surface area contributed by atoms with Gasteiger partial charge < -0.3 is 15.2 Å². The Kier molecular flexibility index (Phi) is 3.45. The number of benzene rings is 2. The van der Waals surface area contributed by atoms with Crippen LogP contribution in [0, 0.1) is 0 Å². The fourth-order valence-corrected chi connectivity index (χ4v) is 3.21. The van der Waals surface area contributed by atoms with Crippen LogP contribution in [0.1, 0.15) is 22.1 Å². The van der Waals surface area contributed by atoms with Gasteiger partial charge in [-0.1, -0.05) is 30.3 Å². The Hall–Kier alpha value is -2.96. The summed E-state index contributed by atoms with van der Waals surface area (Å²) in [7, 11) is 0. The van der Waals surface area contributed by atoms with Crippen molar-refractivity contribution in [2.24, 2.45) is 0 Å². The zero-order chi connectivity index (χ0) is 17.6. The molecule has 0 radical (unpaired) electrons. The van der Waals surface area contributed by atoms with Crippen LogP contribution in [0.2, 0.25) is 0 Å². The van der Waals surface area contributed by atoms with Gasteiger partial charge in [-0.2, -0.15) is 13.2 Å². The van der Waals surface area contributed by atoms with E-state index in [-0.39, 0.29) is 5.56 Å². The zero-order valence-electron chi connectivity index (χ0n) is 13.0. The lowest BCUT2D eigenvalue weighted by atomic mass is 10.0. The zero-order valence-corrected chi connectivity index (χ0v) is 13.0. The molecule has 2 heterocycles. The van der Waals surface area contributed by atoms with Crippen molar-refractivity contribution in [3.8, 4) is 0 Å². The molecule has 4 rings (SSSR count). The predicted octanol–water partition coefficient (Wildman–Crippen LogP) is 4.30. The number of carbonyl (C=O) groups is 1. The smallest absolute Gasteiger partial charge is 0.361 e. The molecule has 1 aliphatic heterocycles. The van der Waals surface area contributed by atoms with Gasteiger partial charge in [0.25, 0.3) is 5.91 Å². The number of amides is 1. The number of hydrogen-bond donors (Lipinski definition) is 2. The van der Waals surface area contributed by atoms with Gasteiger partial charge in [0.1, 0.15) is 12.7 Å². The summed E-state index contributed by atoms with van der Waals surface area (Å²) < 4.78 is 39.3. The molecule has 4 nitrogen and oxygen atoms in total. The second-order valence-corrected chi connectivity index (χ2v) is 5.93. The molecule has 0 bridgehead atoms. The molecule has 1 aliphatic rings. The highest BCUT2D eigenvalue weighted by molar-refractivity contribution is 6.02. The van der Waals surface area contributed by atoms with Gasteiger partial charge in [-0.25, -0.2) is 0 Å². The number of H-pyrrole nitrogens is 1. The third-order valence-electron chi connectivity index (χ3n) is 4.29. The van der Waals surface area contributed by atoms with Gasteiger partial charge in [0.05, 0.1) is 5.56 Å². The molecule has 0 saturated heterocycles. The van der Waals surface area contributed by atoms with E-state index in [2.05, 4.69) is 10.3 Å². The number of hydrogen-bond acceptors (Lipinski definition) is 2. The van der Waals surface area contributed by atoms with Gasteiger partial charge >= 0.3 is 6.18 Å². The van der Waals surface area contributed by atoms with Gasteiger partial charge in [0, 0.05) is 28.4 Å². The molecule has 3 aromatic rings. The van der Waals surface area contributed by atoms with E-state index in [0.717, 1.165) is 15.8 Å². The highest BCUT2D eigenvalue weighted by Crippen LogP contribution is 2.37. The Labute approximate surface area is 141 Å². The van der Waals surface area contributed by atoms with Crippen molar-refractivity contribution >= 4 is 22.5 Å². The Morgan fingerprint density at radius 2 is 1.76 bits per heavy atom. The summed E-state index contributed by atoms with van der Waals surface area (Å²) in [6.45, 7) is -1.32. The van der Waals surface area contributed by atoms with Crippen LogP contribution in [-0.4, -0.2) is 28.5 Å². The highest BCUT2D eigenvalue weighted by atomic mass is 19.4. The fourth-order valence-electron chi connectivity index (χ4n) is 3.21. The van der Waals surface area contributed by atoms with E-state index in [0.29, 0.717) is 11.3 Å². The van der Waals surface area contributed by atoms with E-state index < -0.39 is 24.8 Å². The monoisotopic (exact) mass is 345 g/mol. The average Bonchev–Trinajstić information content (AvgIpc) is 3.00. The standard InChI is InChI=1S/C18H14F3N3O/c19-18(20,21)10-24-16(13-9-22-14-7-3-1-5-11(13)14)23-15-8-4-2-6-12(15)17(24)25/h1-9,16,22-23H,10H2/t16-/m0/s1. The first-order valence-electron chi connectivity index (χ1n) is 7.73. The van der Waals surface area contributed by atoms with E-state index in [1.807, 2.05) is 24.3 Å². The molecule has 1 amide bonds. The van der Waals surface area contributed by atoms with Gasteiger partial charge in [-0.15, -0.1) is 0 Å². The number of alkyl halides is 3. The number of rotatable bonds is 2. The predicted molar refractivity (Wildman–Crippen MR) is 88.2 cm³/mol. The molecular weight excluding hydrogens is 331 g/mol. The van der Waals surface area contributed by atoms with Gasteiger partial charge in [0.2, 0.25) is 0 Å². The third-order valence-corrected chi connectivity index (χ3v) is 4.29. The lowest BCUT2D eigenvalue weighted by Crippen LogP contribution is -2.47. The topological polar surface area (TPSA) is 48.1 Å². The largest absolute Gasteiger partial charge is 0.406 e. The molecular formula is C18H14F3N3O. The van der Waals surface area contributed by atoms with Crippen LogP contribution in [0.3, 0.4) is 0 Å². The normalized spacial score (nSPS) is 17.5. The fraction of sp³-hybridized carbons (Fsp3) is 0.167. The van der Waals surface area contributed by atoms with Crippen LogP contribution in [-0.2, 0) is 0 Å². The highest BCUT2D eigenvalue weighted by Gasteiger charge is 2.41. The molecule has 2 N–H and O–H groups in total. The Bertz CT molecular complexity index is 948. The van der Waals surface area contributed by atoms with Crippen LogP contribution in [0.4, 0.5) is 18.9 Å². The summed E-state index contributed by atoms with van der Waals surface area (Å²) in [5.74, 6) is -0.637. The number of para-hydroxylation sites is 2. The minimum atomic E-state index is -4.49. The number of fused-ring (bicyclic) bond motifs is 2. The first-order valence-corrected chi connectivity index (χ1v) is 7.73. The maximum atomic E-state index is 13.1. The third kappa shape index (κ3) is 2.71. The van der Waals surface area contributed by atoms with Gasteiger partial charge in [0.15, 0.2) is 0 Å². The first-order chi connectivity index (χ1) is 11.9. The maximum Gasteiger partial charge on any atom is 0.406 e. The lowest BCUT2D eigenvalue weighted by Gasteiger charge is -2.38. The first kappa shape index (κ1) is 15.6. The van der Waals surface area contributed by atoms with E-state index in [1.165, 1.54) is 6.07 Å². The molecule has 25 heavy (non-hydrogen) atoms. The molecule has 0 saturated carbocycles. The van der Waals surface area contributed by atoms with Crippen LogP contribution in [0.15, 0.2) is 54.7 Å². The second kappa shape index (κ2) is 5.54. The van der Waals surface area contributed by atoms with Crippen molar-refractivity contribution < 1.29 is 18.0 Å². The van der Waals surface area contributed by atoms with Crippen molar-refractivity contribution in [3.05, 3.63) is 65.9 Å². The van der Waals surface area contributed by atoms with Crippen molar-refractivity contribution in [2.45, 2.75) is 12.3 Å². The second-order valence-electron chi connectivity index (χ2n) is 5.93. The summed E-state index contributed by atoms with van der Waals surface area (Å²) in [4.78, 5) is 16.6. The SMILES string of the molecule is O=C1c2ccccc2N[C@H](c2c[nH]c3ccccc23)N1CC(F)(F)F. The number of nitrogens with zero attached hydrogens (tertiary/aromatic N) is 1. The Balaban J connectivity index is 1.84. The van der Waals surface area contributed by atoms with E-state index in [4.69, 9.17) is 0 Å². The van der Waals surface area contributed by atoms with Gasteiger partial charge in [-0.3, -0.25) is 4.79 Å². The summed E-state index contributed by atoms with van der Waals surface area (Å²) >= 11 is 0. The number of halogens is 3. The van der Waals surface area contributed by atoms with Crippen LogP contribution < -0.4 is 5.32 Å². The molecule has 0 fully saturated rings. The molecule has 2 aromatic carbocycles. The quantitative estimate of drug-likeness (QED) is 0.728. The maximum absolute atomic E-state index is 13.1. The van der Waals surface area contributed by atoms with E-state index >= 15 is 0 Å². The molecule has 0 spiro atoms. The van der Waals surface area contributed by atoms with Crippen LogP contribution >= 0.6 is 0 Å². The Morgan fingerprint density at radius 1 is 1.04 bits per heavy atom. The number of aromatic amines is 1. The van der Waals surface area contributed by atoms with Crippen molar-refractivity contribution in [3.63, 3.8) is 0 Å². The summed E-state index contributed by atoms with van der Waals surface area (Å²) in [6.07, 6.45) is -3.75. The lowest BCUT2D eigenvalue weighted by molar-refractivity contribution is -0.144. The summed E-state index contributed by atoms with van der Waals surface area (Å²) in [5.41, 5.74) is 2.17. The summed E-state index contributed by atoms with van der Waals surface area (Å²) in [6, 6.07) is 13.9. The number of anilines is 1. The van der Waals surface area contributed by atoms with Crippen molar-refractivity contribution in [1.82, 2.24) is 9.88 Å². The number of nitrogens with one attached hydrogen (secondary N) is 2. The van der Waals surface area contributed by atoms with E-state index in [9.17, 15) is 18.0 Å². The average molecular weight is 345 g/mol. The minimum absolute atomic E-state index is 0.239. The van der Waals surface area contributed by atoms with Crippen LogP contribution in [0.5, 0.6) is 0 Å². The minimum Gasteiger partial charge on any atom is -0.361 e. The number of aromatic nitrogens is 1. The Morgan fingerprint density at radius 3 is 2.56 bits per heavy atom. The van der Waals surface area contributed by atoms with E-state index in [1.54, 1.807) is 24.4 Å². The van der Waals surface area contributed by atoms with Crippen molar-refractivity contribution in [1.29, 1.82) is 0 Å². The molecule has 7 heteroatoms. The van der Waals surface area contributed by atoms with Crippen molar-refractivity contribution in [2.75, 3.05) is 11.9 Å². The molecule has 0 aliphatic carbocycles. The number of carbonyl (C=O) groups excluding carboxylic acids is 1. The molecule has 1 atom stereocenters. The summed E-state index contributed by atoms with van der Waals surface area (Å²) in [5, 5.41) is 3.86. The molecule has 0 unspecified atom stereocenters. The van der Waals surface area contributed by atoms with Crippen LogP contribution in [0.25, 0.3) is 10.9 Å². The molecule has 128 valence electrons. The molecule has 1 aromatic heterocycles. The van der Waals surface area contributed by atoms with Gasteiger partial charge in [-0.05, 0) is 18.2 Å².